The number of ether oxygens (including phenoxy) is 1. The number of anilines is 3. The van der Waals surface area contributed by atoms with Crippen LogP contribution >= 0.6 is 0 Å². The molecule has 4 aromatic rings. The summed E-state index contributed by atoms with van der Waals surface area (Å²) in [7, 11) is 0. The molecule has 4 rings (SSSR count). The molecule has 3 N–H and O–H groups in total. The lowest BCUT2D eigenvalue weighted by Gasteiger charge is -2.30. The van der Waals surface area contributed by atoms with Gasteiger partial charge >= 0.3 is 0 Å². The molecule has 0 aliphatic rings. The summed E-state index contributed by atoms with van der Waals surface area (Å²) in [5, 5.41) is 30.9. The second kappa shape index (κ2) is 9.26. The molecule has 0 radical (unpaired) electrons. The third kappa shape index (κ3) is 4.76. The van der Waals surface area contributed by atoms with E-state index in [9.17, 15) is 15.3 Å². The minimum absolute atomic E-state index is 0.178. The zero-order valence-corrected chi connectivity index (χ0v) is 21.0. The molecule has 0 bridgehead atoms. The summed E-state index contributed by atoms with van der Waals surface area (Å²) < 4.78 is 6.06. The van der Waals surface area contributed by atoms with Crippen molar-refractivity contribution in [3.63, 3.8) is 0 Å². The van der Waals surface area contributed by atoms with Gasteiger partial charge < -0.3 is 25.0 Å². The zero-order chi connectivity index (χ0) is 25.4. The molecule has 0 aromatic heterocycles. The summed E-state index contributed by atoms with van der Waals surface area (Å²) in [5.74, 6) is 1.77. The van der Waals surface area contributed by atoms with Crippen molar-refractivity contribution in [3.05, 3.63) is 94.0 Å². The second-order valence-corrected chi connectivity index (χ2v) is 9.15. The van der Waals surface area contributed by atoms with Crippen LogP contribution in [0.1, 0.15) is 33.4 Å². The van der Waals surface area contributed by atoms with Crippen LogP contribution in [-0.4, -0.2) is 15.3 Å². The van der Waals surface area contributed by atoms with Crippen molar-refractivity contribution in [2.75, 3.05) is 4.90 Å². The molecule has 35 heavy (non-hydrogen) atoms. The SMILES string of the molecule is Cc1cc(C)c(Oc2ccc(N(c3cc(O)cc(C)c3C)c3cc(O)cc(C)c3C)cc2)cc1O. The van der Waals surface area contributed by atoms with E-state index in [-0.39, 0.29) is 17.2 Å². The molecule has 0 saturated heterocycles. The highest BCUT2D eigenvalue weighted by molar-refractivity contribution is 5.82. The Morgan fingerprint density at radius 1 is 0.571 bits per heavy atom. The highest BCUT2D eigenvalue weighted by atomic mass is 16.5. The Balaban J connectivity index is 1.82. The van der Waals surface area contributed by atoms with Crippen LogP contribution in [0.25, 0.3) is 0 Å². The summed E-state index contributed by atoms with van der Waals surface area (Å²) in [6, 6.07) is 18.1. The highest BCUT2D eigenvalue weighted by Crippen LogP contribution is 2.43. The Bertz CT molecular complexity index is 1350. The molecule has 5 nitrogen and oxygen atoms in total. The van der Waals surface area contributed by atoms with E-state index in [4.69, 9.17) is 4.74 Å². The first-order chi connectivity index (χ1) is 16.5. The van der Waals surface area contributed by atoms with Gasteiger partial charge in [0.25, 0.3) is 0 Å². The van der Waals surface area contributed by atoms with Gasteiger partial charge in [-0.15, -0.1) is 0 Å². The first-order valence-corrected chi connectivity index (χ1v) is 11.5. The molecule has 0 aliphatic heterocycles. The second-order valence-electron chi connectivity index (χ2n) is 9.15. The van der Waals surface area contributed by atoms with E-state index in [1.54, 1.807) is 30.3 Å². The summed E-state index contributed by atoms with van der Waals surface area (Å²) in [6.07, 6.45) is 0. The predicted molar refractivity (Wildman–Crippen MR) is 141 cm³/mol. The van der Waals surface area contributed by atoms with Gasteiger partial charge in [-0.05, 0) is 117 Å². The van der Waals surface area contributed by atoms with Crippen LogP contribution in [-0.2, 0) is 0 Å². The fourth-order valence-electron chi connectivity index (χ4n) is 4.24. The summed E-state index contributed by atoms with van der Waals surface area (Å²) in [5.41, 5.74) is 8.21. The van der Waals surface area contributed by atoms with Crippen LogP contribution in [0.15, 0.2) is 60.7 Å². The molecule has 5 heteroatoms. The number of aryl methyl sites for hydroxylation is 4. The maximum Gasteiger partial charge on any atom is 0.134 e. The monoisotopic (exact) mass is 469 g/mol. The first kappa shape index (κ1) is 24.0. The van der Waals surface area contributed by atoms with Crippen LogP contribution in [0.3, 0.4) is 0 Å². The molecule has 0 fully saturated rings. The molecular formula is C30H31NO4. The minimum atomic E-state index is 0.178. The fourth-order valence-corrected chi connectivity index (χ4v) is 4.24. The lowest BCUT2D eigenvalue weighted by atomic mass is 10.0. The number of nitrogens with zero attached hydrogens (tertiary/aromatic N) is 1. The van der Waals surface area contributed by atoms with Gasteiger partial charge in [-0.1, -0.05) is 0 Å². The number of phenolic OH excluding ortho intramolecular Hbond substituents is 3. The van der Waals surface area contributed by atoms with Crippen molar-refractivity contribution in [2.45, 2.75) is 41.5 Å². The molecule has 0 saturated carbocycles. The van der Waals surface area contributed by atoms with Gasteiger partial charge in [-0.2, -0.15) is 0 Å². The average Bonchev–Trinajstić information content (AvgIpc) is 2.79. The zero-order valence-electron chi connectivity index (χ0n) is 21.0. The summed E-state index contributed by atoms with van der Waals surface area (Å²) in [4.78, 5) is 2.04. The van der Waals surface area contributed by atoms with Crippen LogP contribution in [0.2, 0.25) is 0 Å². The number of benzene rings is 4. The van der Waals surface area contributed by atoms with E-state index in [0.29, 0.717) is 11.5 Å². The van der Waals surface area contributed by atoms with Crippen molar-refractivity contribution < 1.29 is 20.1 Å². The molecule has 0 atom stereocenters. The largest absolute Gasteiger partial charge is 0.508 e. The maximum atomic E-state index is 10.4. The van der Waals surface area contributed by atoms with Gasteiger partial charge in [0.1, 0.15) is 28.7 Å². The number of aromatic hydroxyl groups is 3. The van der Waals surface area contributed by atoms with Crippen molar-refractivity contribution in [1.29, 1.82) is 0 Å². The van der Waals surface area contributed by atoms with E-state index in [0.717, 1.165) is 50.4 Å². The number of hydrogen-bond acceptors (Lipinski definition) is 5. The molecule has 0 aliphatic carbocycles. The number of hydrogen-bond donors (Lipinski definition) is 3. The average molecular weight is 470 g/mol. The van der Waals surface area contributed by atoms with Crippen LogP contribution in [0, 0.1) is 41.5 Å². The lowest BCUT2D eigenvalue weighted by Crippen LogP contribution is -2.13. The number of phenols is 3. The normalized spacial score (nSPS) is 10.9. The van der Waals surface area contributed by atoms with Crippen molar-refractivity contribution in [2.24, 2.45) is 0 Å². The molecule has 0 heterocycles. The summed E-state index contributed by atoms with van der Waals surface area (Å²) >= 11 is 0. The molecule has 0 spiro atoms. The van der Waals surface area contributed by atoms with Gasteiger partial charge in [0.2, 0.25) is 0 Å². The summed E-state index contributed by atoms with van der Waals surface area (Å²) in [6.45, 7) is 11.8. The Morgan fingerprint density at radius 2 is 1.09 bits per heavy atom. The minimum Gasteiger partial charge on any atom is -0.508 e. The Morgan fingerprint density at radius 3 is 1.60 bits per heavy atom. The Hall–Kier alpha value is -4.12. The van der Waals surface area contributed by atoms with Crippen LogP contribution in [0.5, 0.6) is 28.7 Å². The first-order valence-electron chi connectivity index (χ1n) is 11.5. The molecule has 0 amide bonds. The lowest BCUT2D eigenvalue weighted by molar-refractivity contribution is 0.450. The van der Waals surface area contributed by atoms with Crippen molar-refractivity contribution in [3.8, 4) is 28.7 Å². The van der Waals surface area contributed by atoms with Gasteiger partial charge in [-0.25, -0.2) is 0 Å². The number of rotatable bonds is 5. The maximum absolute atomic E-state index is 10.4. The Labute approximate surface area is 206 Å². The molecule has 4 aromatic carbocycles. The Kier molecular flexibility index (Phi) is 6.35. The quantitative estimate of drug-likeness (QED) is 0.277. The smallest absolute Gasteiger partial charge is 0.134 e. The standard InChI is InChI=1S/C30H31NO4/c1-17-12-24(32)14-27(21(17)5)31(28-15-25(33)13-18(2)22(28)6)23-7-9-26(10-8-23)35-30-16-29(34)19(3)11-20(30)4/h7-16,32-34H,1-6H3. The van der Waals surface area contributed by atoms with E-state index in [2.05, 4.69) is 0 Å². The van der Waals surface area contributed by atoms with Crippen LogP contribution in [0.4, 0.5) is 17.1 Å². The van der Waals surface area contributed by atoms with E-state index in [1.807, 2.05) is 76.8 Å². The van der Waals surface area contributed by atoms with E-state index in [1.165, 1.54) is 0 Å². The highest BCUT2D eigenvalue weighted by Gasteiger charge is 2.20. The van der Waals surface area contributed by atoms with Gasteiger partial charge in [0.05, 0.1) is 11.4 Å². The van der Waals surface area contributed by atoms with E-state index < -0.39 is 0 Å². The van der Waals surface area contributed by atoms with Gasteiger partial charge in [0.15, 0.2) is 0 Å². The third-order valence-electron chi connectivity index (χ3n) is 6.55. The molecule has 180 valence electrons. The van der Waals surface area contributed by atoms with Gasteiger partial charge in [0, 0.05) is 23.9 Å². The molecule has 0 unspecified atom stereocenters. The van der Waals surface area contributed by atoms with Crippen molar-refractivity contribution >= 4 is 17.1 Å². The van der Waals surface area contributed by atoms with E-state index >= 15 is 0 Å². The fraction of sp³-hybridized carbons (Fsp3) is 0.200. The van der Waals surface area contributed by atoms with Crippen molar-refractivity contribution in [1.82, 2.24) is 0 Å². The van der Waals surface area contributed by atoms with Gasteiger partial charge in [-0.3, -0.25) is 0 Å². The third-order valence-corrected chi connectivity index (χ3v) is 6.55. The predicted octanol–water partition coefficient (Wildman–Crippen LogP) is 7.92. The topological polar surface area (TPSA) is 73.2 Å². The van der Waals surface area contributed by atoms with Crippen LogP contribution < -0.4 is 9.64 Å². The molecular weight excluding hydrogens is 438 g/mol.